The first-order chi connectivity index (χ1) is 9.76. The number of hydrogen-bond donors (Lipinski definition) is 1. The van der Waals surface area contributed by atoms with Gasteiger partial charge in [-0.05, 0) is 43.4 Å². The first kappa shape index (κ1) is 13.2. The average molecular weight is 272 g/mol. The third-order valence-electron chi connectivity index (χ3n) is 3.74. The zero-order valence-electron chi connectivity index (χ0n) is 11.9. The summed E-state index contributed by atoms with van der Waals surface area (Å²) in [6.07, 6.45) is 2.58. The molecular weight excluding hydrogens is 252 g/mol. The Morgan fingerprint density at radius 3 is 2.65 bits per heavy atom. The predicted octanol–water partition coefficient (Wildman–Crippen LogP) is 3.23. The number of aromatic nitrogens is 1. The van der Waals surface area contributed by atoms with E-state index in [4.69, 9.17) is 9.26 Å². The quantitative estimate of drug-likeness (QED) is 0.877. The Bertz CT molecular complexity index is 558. The topological polar surface area (TPSA) is 47.3 Å². The molecule has 1 fully saturated rings. The van der Waals surface area contributed by atoms with Crippen LogP contribution in [0.3, 0.4) is 0 Å². The van der Waals surface area contributed by atoms with Crippen molar-refractivity contribution in [1.82, 2.24) is 10.5 Å². The van der Waals surface area contributed by atoms with E-state index in [1.807, 2.05) is 25.1 Å². The van der Waals surface area contributed by atoms with Crippen LogP contribution >= 0.6 is 0 Å². The van der Waals surface area contributed by atoms with Gasteiger partial charge in [0, 0.05) is 12.1 Å². The van der Waals surface area contributed by atoms with Gasteiger partial charge in [0.05, 0.1) is 19.3 Å². The number of hydrogen-bond acceptors (Lipinski definition) is 4. The van der Waals surface area contributed by atoms with Gasteiger partial charge in [-0.1, -0.05) is 17.3 Å². The van der Waals surface area contributed by atoms with Crippen LogP contribution in [0.25, 0.3) is 0 Å². The van der Waals surface area contributed by atoms with Crippen LogP contribution in [0.5, 0.6) is 5.75 Å². The number of methoxy groups -OCH3 is 1. The number of ether oxygens (including phenoxy) is 1. The lowest BCUT2D eigenvalue weighted by atomic mass is 10.0. The van der Waals surface area contributed by atoms with Gasteiger partial charge in [0.2, 0.25) is 0 Å². The van der Waals surface area contributed by atoms with Gasteiger partial charge in [0.25, 0.3) is 0 Å². The second kappa shape index (κ2) is 5.67. The van der Waals surface area contributed by atoms with Crippen molar-refractivity contribution in [3.05, 3.63) is 47.3 Å². The van der Waals surface area contributed by atoms with E-state index >= 15 is 0 Å². The molecule has 1 unspecified atom stereocenters. The van der Waals surface area contributed by atoms with E-state index < -0.39 is 0 Å². The Morgan fingerprint density at radius 1 is 1.35 bits per heavy atom. The normalized spacial score (nSPS) is 16.1. The van der Waals surface area contributed by atoms with Crippen molar-refractivity contribution in [1.29, 1.82) is 0 Å². The Hall–Kier alpha value is -1.81. The number of benzene rings is 1. The van der Waals surface area contributed by atoms with E-state index in [0.717, 1.165) is 23.1 Å². The van der Waals surface area contributed by atoms with E-state index in [0.29, 0.717) is 12.6 Å². The van der Waals surface area contributed by atoms with Crippen LogP contribution in [-0.2, 0) is 6.54 Å². The van der Waals surface area contributed by atoms with Gasteiger partial charge in [-0.2, -0.15) is 0 Å². The van der Waals surface area contributed by atoms with Crippen LogP contribution in [0.2, 0.25) is 0 Å². The van der Waals surface area contributed by atoms with E-state index in [2.05, 4.69) is 22.6 Å². The van der Waals surface area contributed by atoms with Gasteiger partial charge in [-0.25, -0.2) is 0 Å². The molecule has 4 heteroatoms. The van der Waals surface area contributed by atoms with Crippen molar-refractivity contribution in [2.45, 2.75) is 32.4 Å². The molecule has 0 spiro atoms. The number of nitrogens with one attached hydrogen (secondary N) is 1. The minimum Gasteiger partial charge on any atom is -0.497 e. The molecule has 4 nitrogen and oxygen atoms in total. The number of aryl methyl sites for hydroxylation is 1. The summed E-state index contributed by atoms with van der Waals surface area (Å²) in [4.78, 5) is 0. The molecular formula is C16H20N2O2. The van der Waals surface area contributed by atoms with Crippen molar-refractivity contribution in [2.24, 2.45) is 5.92 Å². The summed E-state index contributed by atoms with van der Waals surface area (Å²) >= 11 is 0. The molecule has 1 saturated carbocycles. The van der Waals surface area contributed by atoms with Crippen LogP contribution in [0, 0.1) is 12.8 Å². The number of nitrogens with zero attached hydrogens (tertiary/aromatic N) is 1. The van der Waals surface area contributed by atoms with Crippen molar-refractivity contribution >= 4 is 0 Å². The Kier molecular flexibility index (Phi) is 3.74. The maximum absolute atomic E-state index is 5.25. The zero-order chi connectivity index (χ0) is 13.9. The molecule has 0 amide bonds. The van der Waals surface area contributed by atoms with E-state index in [1.165, 1.54) is 18.4 Å². The molecule has 1 heterocycles. The van der Waals surface area contributed by atoms with Crippen molar-refractivity contribution in [2.75, 3.05) is 7.11 Å². The lowest BCUT2D eigenvalue weighted by Crippen LogP contribution is -2.22. The smallest absolute Gasteiger partial charge is 0.150 e. The molecule has 3 rings (SSSR count). The Labute approximate surface area is 119 Å². The van der Waals surface area contributed by atoms with Gasteiger partial charge in [-0.3, -0.25) is 0 Å². The van der Waals surface area contributed by atoms with E-state index in [9.17, 15) is 0 Å². The SMILES string of the molecule is COc1ccc(C(NCc2cc(C)no2)C2CC2)cc1. The van der Waals surface area contributed by atoms with Crippen LogP contribution in [-0.4, -0.2) is 12.3 Å². The first-order valence-corrected chi connectivity index (χ1v) is 7.06. The fraction of sp³-hybridized carbons (Fsp3) is 0.438. The van der Waals surface area contributed by atoms with Gasteiger partial charge >= 0.3 is 0 Å². The lowest BCUT2D eigenvalue weighted by Gasteiger charge is -2.18. The standard InChI is InChI=1S/C16H20N2O2/c1-11-9-15(20-18-11)10-17-16(12-3-4-12)13-5-7-14(19-2)8-6-13/h5-9,12,16-17H,3-4,10H2,1-2H3. The monoisotopic (exact) mass is 272 g/mol. The average Bonchev–Trinajstić information content (AvgIpc) is 3.22. The summed E-state index contributed by atoms with van der Waals surface area (Å²) in [6.45, 7) is 2.66. The third kappa shape index (κ3) is 3.02. The first-order valence-electron chi connectivity index (χ1n) is 7.06. The molecule has 1 aliphatic rings. The fourth-order valence-corrected chi connectivity index (χ4v) is 2.51. The van der Waals surface area contributed by atoms with Crippen LogP contribution < -0.4 is 10.1 Å². The van der Waals surface area contributed by atoms with Gasteiger partial charge < -0.3 is 14.6 Å². The van der Waals surface area contributed by atoms with E-state index in [-0.39, 0.29) is 0 Å². The maximum atomic E-state index is 5.25. The summed E-state index contributed by atoms with van der Waals surface area (Å²) < 4.78 is 10.5. The fourth-order valence-electron chi connectivity index (χ4n) is 2.51. The van der Waals surface area contributed by atoms with Gasteiger partial charge in [0.15, 0.2) is 5.76 Å². The molecule has 0 aliphatic heterocycles. The van der Waals surface area contributed by atoms with Crippen molar-refractivity contribution < 1.29 is 9.26 Å². The highest BCUT2D eigenvalue weighted by atomic mass is 16.5. The molecule has 0 saturated heterocycles. The van der Waals surface area contributed by atoms with Crippen LogP contribution in [0.15, 0.2) is 34.9 Å². The number of rotatable bonds is 6. The molecule has 2 aromatic rings. The van der Waals surface area contributed by atoms with Crippen LogP contribution in [0.1, 0.15) is 35.9 Å². The summed E-state index contributed by atoms with van der Waals surface area (Å²) in [7, 11) is 1.69. The summed E-state index contributed by atoms with van der Waals surface area (Å²) in [5, 5.41) is 7.51. The summed E-state index contributed by atoms with van der Waals surface area (Å²) in [5.41, 5.74) is 2.23. The van der Waals surface area contributed by atoms with Gasteiger partial charge in [-0.15, -0.1) is 0 Å². The molecule has 1 atom stereocenters. The summed E-state index contributed by atoms with van der Waals surface area (Å²) in [5.74, 6) is 2.52. The molecule has 1 aromatic heterocycles. The minimum absolute atomic E-state index is 0.381. The van der Waals surface area contributed by atoms with Crippen molar-refractivity contribution in [3.8, 4) is 5.75 Å². The lowest BCUT2D eigenvalue weighted by molar-refractivity contribution is 0.354. The van der Waals surface area contributed by atoms with E-state index in [1.54, 1.807) is 7.11 Å². The van der Waals surface area contributed by atoms with Gasteiger partial charge in [0.1, 0.15) is 5.75 Å². The minimum atomic E-state index is 0.381. The zero-order valence-corrected chi connectivity index (χ0v) is 11.9. The van der Waals surface area contributed by atoms with Crippen LogP contribution in [0.4, 0.5) is 0 Å². The largest absolute Gasteiger partial charge is 0.497 e. The predicted molar refractivity (Wildman–Crippen MR) is 76.5 cm³/mol. The highest BCUT2D eigenvalue weighted by molar-refractivity contribution is 5.30. The molecule has 0 bridgehead atoms. The Balaban J connectivity index is 1.68. The molecule has 1 N–H and O–H groups in total. The highest BCUT2D eigenvalue weighted by Crippen LogP contribution is 2.41. The third-order valence-corrected chi connectivity index (χ3v) is 3.74. The molecule has 1 aromatic carbocycles. The molecule has 106 valence electrons. The maximum Gasteiger partial charge on any atom is 0.150 e. The Morgan fingerprint density at radius 2 is 2.10 bits per heavy atom. The van der Waals surface area contributed by atoms with Crippen molar-refractivity contribution in [3.63, 3.8) is 0 Å². The molecule has 0 radical (unpaired) electrons. The molecule has 1 aliphatic carbocycles. The second-order valence-electron chi connectivity index (χ2n) is 5.40. The highest BCUT2D eigenvalue weighted by Gasteiger charge is 2.32. The second-order valence-corrected chi connectivity index (χ2v) is 5.40. The molecule has 20 heavy (non-hydrogen) atoms. The summed E-state index contributed by atoms with van der Waals surface area (Å²) in [6, 6.07) is 10.7.